The minimum absolute atomic E-state index is 0.214. The van der Waals surface area contributed by atoms with Crippen LogP contribution in [0.25, 0.3) is 0 Å². The van der Waals surface area contributed by atoms with Gasteiger partial charge in [0, 0.05) is 11.8 Å². The van der Waals surface area contributed by atoms with Gasteiger partial charge in [-0.1, -0.05) is 30.3 Å². The lowest BCUT2D eigenvalue weighted by molar-refractivity contribution is -0.108. The van der Waals surface area contributed by atoms with Gasteiger partial charge in [0.05, 0.1) is 10.1 Å². The first-order valence-corrected chi connectivity index (χ1v) is 8.10. The number of sulfone groups is 1. The molecule has 1 fully saturated rings. The number of halogens is 1. The lowest BCUT2D eigenvalue weighted by Gasteiger charge is -2.03. The van der Waals surface area contributed by atoms with E-state index in [1.54, 1.807) is 18.2 Å². The Morgan fingerprint density at radius 1 is 0.952 bits per heavy atom. The molecule has 0 unspecified atom stereocenters. The molecule has 1 aliphatic rings. The van der Waals surface area contributed by atoms with E-state index in [-0.39, 0.29) is 10.7 Å². The maximum Gasteiger partial charge on any atom is 0.182 e. The van der Waals surface area contributed by atoms with E-state index in [1.807, 2.05) is 0 Å². The topological polar surface area (TPSA) is 51.2 Å². The van der Waals surface area contributed by atoms with E-state index in [0.717, 1.165) is 0 Å². The predicted molar refractivity (Wildman–Crippen MR) is 76.1 cm³/mol. The molecule has 108 valence electrons. The van der Waals surface area contributed by atoms with Crippen LogP contribution < -0.4 is 0 Å². The third-order valence-electron chi connectivity index (χ3n) is 3.85. The Morgan fingerprint density at radius 3 is 2.14 bits per heavy atom. The molecule has 0 bridgehead atoms. The molecule has 0 heterocycles. The van der Waals surface area contributed by atoms with Crippen molar-refractivity contribution in [1.82, 2.24) is 0 Å². The highest BCUT2D eigenvalue weighted by Crippen LogP contribution is 2.52. The van der Waals surface area contributed by atoms with Crippen LogP contribution in [0.5, 0.6) is 0 Å². The number of hydrogen-bond acceptors (Lipinski definition) is 3. The van der Waals surface area contributed by atoms with Gasteiger partial charge in [0.2, 0.25) is 0 Å². The molecule has 3 atom stereocenters. The number of carbonyl (C=O) groups is 1. The van der Waals surface area contributed by atoms with Crippen molar-refractivity contribution >= 4 is 16.1 Å². The molecule has 3 rings (SSSR count). The Kier molecular flexibility index (Phi) is 3.37. The molecule has 0 aliphatic heterocycles. The minimum atomic E-state index is -3.56. The quantitative estimate of drug-likeness (QED) is 0.816. The van der Waals surface area contributed by atoms with Gasteiger partial charge in [-0.25, -0.2) is 12.8 Å². The van der Waals surface area contributed by atoms with Crippen molar-refractivity contribution in [3.8, 4) is 0 Å². The molecule has 21 heavy (non-hydrogen) atoms. The summed E-state index contributed by atoms with van der Waals surface area (Å²) in [7, 11) is -3.56. The second-order valence-electron chi connectivity index (χ2n) is 5.11. The van der Waals surface area contributed by atoms with E-state index in [2.05, 4.69) is 0 Å². The minimum Gasteiger partial charge on any atom is -0.303 e. The summed E-state index contributed by atoms with van der Waals surface area (Å²) in [5, 5.41) is -0.761. The molecule has 1 saturated carbocycles. The van der Waals surface area contributed by atoms with Crippen LogP contribution in [0.1, 0.15) is 11.5 Å². The third-order valence-corrected chi connectivity index (χ3v) is 6.10. The standard InChI is InChI=1S/C16H13FO3S/c17-12-8-6-11(7-9-12)15-14(10-18)16(15)21(19,20)13-4-2-1-3-5-13/h1-10,14-16H/t14-,15-,16+/m0/s1. The van der Waals surface area contributed by atoms with Crippen molar-refractivity contribution in [2.24, 2.45) is 5.92 Å². The van der Waals surface area contributed by atoms with Gasteiger partial charge in [0.1, 0.15) is 12.1 Å². The molecule has 0 spiro atoms. The Balaban J connectivity index is 1.96. The van der Waals surface area contributed by atoms with Crippen LogP contribution in [-0.2, 0) is 14.6 Å². The largest absolute Gasteiger partial charge is 0.303 e. The first-order valence-electron chi connectivity index (χ1n) is 6.55. The van der Waals surface area contributed by atoms with E-state index < -0.39 is 26.9 Å². The zero-order valence-electron chi connectivity index (χ0n) is 11.0. The van der Waals surface area contributed by atoms with E-state index in [0.29, 0.717) is 11.8 Å². The molecule has 1 aliphatic carbocycles. The van der Waals surface area contributed by atoms with Crippen molar-refractivity contribution in [3.05, 3.63) is 66.0 Å². The molecular weight excluding hydrogens is 291 g/mol. The smallest absolute Gasteiger partial charge is 0.182 e. The molecular formula is C16H13FO3S. The molecule has 2 aromatic rings. The molecule has 3 nitrogen and oxygen atoms in total. The van der Waals surface area contributed by atoms with Crippen LogP contribution in [0.3, 0.4) is 0 Å². The first-order chi connectivity index (χ1) is 10.1. The summed E-state index contributed by atoms with van der Waals surface area (Å²) < 4.78 is 38.1. The van der Waals surface area contributed by atoms with E-state index in [9.17, 15) is 17.6 Å². The maximum absolute atomic E-state index is 13.0. The Morgan fingerprint density at radius 2 is 1.57 bits per heavy atom. The maximum atomic E-state index is 13.0. The van der Waals surface area contributed by atoms with Crippen LogP contribution in [0.15, 0.2) is 59.5 Å². The molecule has 0 radical (unpaired) electrons. The van der Waals surface area contributed by atoms with Gasteiger partial charge in [-0.05, 0) is 29.8 Å². The average molecular weight is 304 g/mol. The first kappa shape index (κ1) is 13.9. The Hall–Kier alpha value is -2.01. The SMILES string of the molecule is O=C[C@H]1[C@H](c2ccc(F)cc2)[C@@H]1S(=O)(=O)c1ccccc1. The van der Waals surface area contributed by atoms with Crippen molar-refractivity contribution in [2.45, 2.75) is 16.1 Å². The van der Waals surface area contributed by atoms with Gasteiger partial charge in [0.15, 0.2) is 9.84 Å². The summed E-state index contributed by atoms with van der Waals surface area (Å²) >= 11 is 0. The fourth-order valence-electron chi connectivity index (χ4n) is 2.73. The lowest BCUT2D eigenvalue weighted by Crippen LogP contribution is -2.10. The molecule has 5 heteroatoms. The summed E-state index contributed by atoms with van der Waals surface area (Å²) in [5.41, 5.74) is 0.679. The second-order valence-corrected chi connectivity index (χ2v) is 7.22. The van der Waals surface area contributed by atoms with Crippen LogP contribution >= 0.6 is 0 Å². The predicted octanol–water partition coefficient (Wildman–Crippen LogP) is 2.58. The van der Waals surface area contributed by atoms with Crippen molar-refractivity contribution in [3.63, 3.8) is 0 Å². The summed E-state index contributed by atoms with van der Waals surface area (Å²) in [6.45, 7) is 0. The molecule has 0 amide bonds. The fourth-order valence-corrected chi connectivity index (χ4v) is 4.86. The van der Waals surface area contributed by atoms with E-state index in [1.165, 1.54) is 36.4 Å². The average Bonchev–Trinajstić information content (AvgIpc) is 3.24. The summed E-state index contributed by atoms with van der Waals surface area (Å²) in [4.78, 5) is 11.4. The van der Waals surface area contributed by atoms with Gasteiger partial charge in [-0.3, -0.25) is 0 Å². The van der Waals surface area contributed by atoms with Gasteiger partial charge in [-0.15, -0.1) is 0 Å². The normalized spacial score (nSPS) is 24.5. The van der Waals surface area contributed by atoms with Crippen LogP contribution in [0, 0.1) is 11.7 Å². The van der Waals surface area contributed by atoms with Crippen LogP contribution in [0.4, 0.5) is 4.39 Å². The van der Waals surface area contributed by atoms with Gasteiger partial charge in [-0.2, -0.15) is 0 Å². The third kappa shape index (κ3) is 2.38. The number of benzene rings is 2. The lowest BCUT2D eigenvalue weighted by atomic mass is 10.1. The van der Waals surface area contributed by atoms with E-state index >= 15 is 0 Å². The van der Waals surface area contributed by atoms with Crippen molar-refractivity contribution in [1.29, 1.82) is 0 Å². The molecule has 0 N–H and O–H groups in total. The van der Waals surface area contributed by atoms with E-state index in [4.69, 9.17) is 0 Å². The monoisotopic (exact) mass is 304 g/mol. The zero-order valence-corrected chi connectivity index (χ0v) is 11.8. The number of carbonyl (C=O) groups excluding carboxylic acids is 1. The highest BCUT2D eigenvalue weighted by Gasteiger charge is 2.58. The number of rotatable bonds is 4. The Bertz CT molecular complexity index is 754. The van der Waals surface area contributed by atoms with Gasteiger partial charge in [0.25, 0.3) is 0 Å². The summed E-state index contributed by atoms with van der Waals surface area (Å²) in [6, 6.07) is 13.7. The van der Waals surface area contributed by atoms with Crippen molar-refractivity contribution in [2.75, 3.05) is 0 Å². The second kappa shape index (κ2) is 5.07. The number of aldehydes is 1. The highest BCUT2D eigenvalue weighted by atomic mass is 32.2. The zero-order chi connectivity index (χ0) is 15.0. The fraction of sp³-hybridized carbons (Fsp3) is 0.188. The summed E-state index contributed by atoms with van der Waals surface area (Å²) in [6.07, 6.45) is 0.680. The van der Waals surface area contributed by atoms with Crippen LogP contribution in [0.2, 0.25) is 0 Å². The van der Waals surface area contributed by atoms with Gasteiger partial charge >= 0.3 is 0 Å². The van der Waals surface area contributed by atoms with Crippen LogP contribution in [-0.4, -0.2) is 20.0 Å². The molecule has 0 aromatic heterocycles. The highest BCUT2D eigenvalue weighted by molar-refractivity contribution is 7.92. The van der Waals surface area contributed by atoms with Crippen molar-refractivity contribution < 1.29 is 17.6 Å². The Labute approximate surface area is 122 Å². The van der Waals surface area contributed by atoms with Gasteiger partial charge < -0.3 is 4.79 Å². The number of hydrogen-bond donors (Lipinski definition) is 0. The molecule has 2 aromatic carbocycles. The molecule has 0 saturated heterocycles. The summed E-state index contributed by atoms with van der Waals surface area (Å²) in [5.74, 6) is -1.35.